The van der Waals surface area contributed by atoms with Crippen LogP contribution >= 0.6 is 43.2 Å². The third-order valence-electron chi connectivity index (χ3n) is 2.74. The van der Waals surface area contributed by atoms with Crippen LogP contribution < -0.4 is 0 Å². The second kappa shape index (κ2) is 5.68. The molecule has 0 aliphatic heterocycles. The van der Waals surface area contributed by atoms with Gasteiger partial charge in [-0.2, -0.15) is 0 Å². The quantitative estimate of drug-likeness (QED) is 0.624. The van der Waals surface area contributed by atoms with E-state index in [4.69, 9.17) is 0 Å². The first-order valence-corrected chi connectivity index (χ1v) is 7.98. The van der Waals surface area contributed by atoms with E-state index in [9.17, 15) is 4.79 Å². The summed E-state index contributed by atoms with van der Waals surface area (Å²) >= 11 is 8.32. The summed E-state index contributed by atoms with van der Waals surface area (Å²) in [5.74, 6) is 0.537. The SMILES string of the molecule is CC(C)c1ccc(C(=O)c2cc(Br)sc2Br)cc1. The van der Waals surface area contributed by atoms with Crippen LogP contribution in [0.5, 0.6) is 0 Å². The third-order valence-corrected chi connectivity index (χ3v) is 5.08. The number of carbonyl (C=O) groups is 1. The average molecular weight is 388 g/mol. The summed E-state index contributed by atoms with van der Waals surface area (Å²) in [6, 6.07) is 9.69. The van der Waals surface area contributed by atoms with E-state index in [-0.39, 0.29) is 5.78 Å². The molecular formula is C14H12Br2OS. The van der Waals surface area contributed by atoms with Gasteiger partial charge in [0.15, 0.2) is 5.78 Å². The van der Waals surface area contributed by atoms with E-state index >= 15 is 0 Å². The van der Waals surface area contributed by atoms with Gasteiger partial charge in [0.05, 0.1) is 7.57 Å². The smallest absolute Gasteiger partial charge is 0.195 e. The molecule has 0 amide bonds. The molecule has 0 radical (unpaired) electrons. The van der Waals surface area contributed by atoms with Gasteiger partial charge in [0, 0.05) is 11.1 Å². The average Bonchev–Trinajstić information content (AvgIpc) is 2.67. The van der Waals surface area contributed by atoms with Crippen molar-refractivity contribution in [3.63, 3.8) is 0 Å². The Bertz CT molecular complexity index is 570. The lowest BCUT2D eigenvalue weighted by Gasteiger charge is -2.06. The minimum atomic E-state index is 0.0548. The Morgan fingerprint density at radius 3 is 2.22 bits per heavy atom. The number of rotatable bonds is 3. The number of halogens is 2. The molecule has 1 aromatic carbocycles. The van der Waals surface area contributed by atoms with Crippen molar-refractivity contribution in [1.29, 1.82) is 0 Å². The van der Waals surface area contributed by atoms with Crippen molar-refractivity contribution in [2.45, 2.75) is 19.8 Å². The zero-order valence-corrected chi connectivity index (χ0v) is 14.0. The molecule has 0 bridgehead atoms. The van der Waals surface area contributed by atoms with Gasteiger partial charge in [0.2, 0.25) is 0 Å². The fourth-order valence-corrected chi connectivity index (χ4v) is 4.46. The van der Waals surface area contributed by atoms with E-state index in [0.29, 0.717) is 11.5 Å². The van der Waals surface area contributed by atoms with Crippen LogP contribution in [0.4, 0.5) is 0 Å². The van der Waals surface area contributed by atoms with Crippen molar-refractivity contribution < 1.29 is 4.79 Å². The summed E-state index contributed by atoms with van der Waals surface area (Å²) in [6.45, 7) is 4.28. The maximum Gasteiger partial charge on any atom is 0.195 e. The highest BCUT2D eigenvalue weighted by Crippen LogP contribution is 2.33. The van der Waals surface area contributed by atoms with Crippen molar-refractivity contribution >= 4 is 49.0 Å². The van der Waals surface area contributed by atoms with Crippen LogP contribution in [0.25, 0.3) is 0 Å². The molecule has 0 spiro atoms. The van der Waals surface area contributed by atoms with E-state index in [1.165, 1.54) is 16.9 Å². The van der Waals surface area contributed by atoms with Crippen LogP contribution in [0, 0.1) is 0 Å². The second-order valence-electron chi connectivity index (χ2n) is 4.34. The normalized spacial score (nSPS) is 10.9. The van der Waals surface area contributed by atoms with Gasteiger partial charge in [-0.25, -0.2) is 0 Å². The molecular weight excluding hydrogens is 376 g/mol. The lowest BCUT2D eigenvalue weighted by atomic mass is 9.99. The molecule has 0 fully saturated rings. The summed E-state index contributed by atoms with van der Waals surface area (Å²) in [5, 5.41) is 0. The Balaban J connectivity index is 2.32. The molecule has 2 aromatic rings. The minimum Gasteiger partial charge on any atom is -0.289 e. The van der Waals surface area contributed by atoms with E-state index in [1.54, 1.807) is 0 Å². The largest absolute Gasteiger partial charge is 0.289 e. The van der Waals surface area contributed by atoms with E-state index in [1.807, 2.05) is 30.3 Å². The van der Waals surface area contributed by atoms with E-state index in [0.717, 1.165) is 13.1 Å². The Morgan fingerprint density at radius 1 is 1.17 bits per heavy atom. The molecule has 0 aliphatic rings. The van der Waals surface area contributed by atoms with Gasteiger partial charge >= 0.3 is 0 Å². The molecule has 0 unspecified atom stereocenters. The molecule has 1 heterocycles. The standard InChI is InChI=1S/C14H12Br2OS/c1-8(2)9-3-5-10(6-4-9)13(17)11-7-12(15)18-14(11)16/h3-8H,1-2H3. The number of thiophene rings is 1. The highest BCUT2D eigenvalue weighted by molar-refractivity contribution is 9.12. The molecule has 0 aliphatic carbocycles. The van der Waals surface area contributed by atoms with Gasteiger partial charge in [-0.3, -0.25) is 4.79 Å². The first-order chi connectivity index (χ1) is 8.49. The van der Waals surface area contributed by atoms with Gasteiger partial charge in [0.1, 0.15) is 0 Å². The Morgan fingerprint density at radius 2 is 1.78 bits per heavy atom. The van der Waals surface area contributed by atoms with Gasteiger partial charge < -0.3 is 0 Å². The van der Waals surface area contributed by atoms with Crippen LogP contribution in [0.1, 0.15) is 41.3 Å². The third kappa shape index (κ3) is 2.92. The minimum absolute atomic E-state index is 0.0548. The van der Waals surface area contributed by atoms with Gasteiger partial charge in [-0.05, 0) is 49.4 Å². The van der Waals surface area contributed by atoms with Crippen LogP contribution in [-0.4, -0.2) is 5.78 Å². The first-order valence-electron chi connectivity index (χ1n) is 5.58. The number of hydrogen-bond donors (Lipinski definition) is 0. The van der Waals surface area contributed by atoms with Crippen molar-refractivity contribution in [3.05, 3.63) is 54.6 Å². The maximum absolute atomic E-state index is 12.3. The maximum atomic E-state index is 12.3. The number of carbonyl (C=O) groups excluding carboxylic acids is 1. The fraction of sp³-hybridized carbons (Fsp3) is 0.214. The molecule has 94 valence electrons. The van der Waals surface area contributed by atoms with Crippen molar-refractivity contribution in [1.82, 2.24) is 0 Å². The molecule has 18 heavy (non-hydrogen) atoms. The van der Waals surface area contributed by atoms with E-state index in [2.05, 4.69) is 45.7 Å². The zero-order chi connectivity index (χ0) is 13.3. The van der Waals surface area contributed by atoms with Crippen molar-refractivity contribution in [2.24, 2.45) is 0 Å². The van der Waals surface area contributed by atoms with Crippen molar-refractivity contribution in [2.75, 3.05) is 0 Å². The van der Waals surface area contributed by atoms with Crippen LogP contribution in [0.3, 0.4) is 0 Å². The lowest BCUT2D eigenvalue weighted by Crippen LogP contribution is -2.00. The first kappa shape index (κ1) is 14.0. The van der Waals surface area contributed by atoms with Gasteiger partial charge in [0.25, 0.3) is 0 Å². The zero-order valence-electron chi connectivity index (χ0n) is 10.0. The molecule has 0 saturated carbocycles. The van der Waals surface area contributed by atoms with E-state index < -0.39 is 0 Å². The number of benzene rings is 1. The molecule has 2 rings (SSSR count). The lowest BCUT2D eigenvalue weighted by molar-refractivity contribution is 0.103. The number of ketones is 1. The summed E-state index contributed by atoms with van der Waals surface area (Å²) in [7, 11) is 0. The van der Waals surface area contributed by atoms with Crippen LogP contribution in [0.2, 0.25) is 0 Å². The topological polar surface area (TPSA) is 17.1 Å². The molecule has 0 atom stereocenters. The molecule has 0 N–H and O–H groups in total. The summed E-state index contributed by atoms with van der Waals surface area (Å²) in [4.78, 5) is 12.3. The van der Waals surface area contributed by atoms with Crippen molar-refractivity contribution in [3.8, 4) is 0 Å². The molecule has 4 heteroatoms. The second-order valence-corrected chi connectivity index (χ2v) is 8.09. The Hall–Kier alpha value is -0.450. The predicted molar refractivity (Wildman–Crippen MR) is 83.7 cm³/mol. The predicted octanol–water partition coefficient (Wildman–Crippen LogP) is 5.63. The molecule has 0 saturated heterocycles. The monoisotopic (exact) mass is 386 g/mol. The summed E-state index contributed by atoms with van der Waals surface area (Å²) < 4.78 is 1.82. The summed E-state index contributed by atoms with van der Waals surface area (Å²) in [5.41, 5.74) is 2.69. The highest BCUT2D eigenvalue weighted by Gasteiger charge is 2.15. The van der Waals surface area contributed by atoms with Gasteiger partial charge in [-0.15, -0.1) is 11.3 Å². The van der Waals surface area contributed by atoms with Crippen LogP contribution in [0.15, 0.2) is 37.9 Å². The molecule has 1 aromatic heterocycles. The molecule has 1 nitrogen and oxygen atoms in total. The summed E-state index contributed by atoms with van der Waals surface area (Å²) in [6.07, 6.45) is 0. The number of hydrogen-bond acceptors (Lipinski definition) is 2. The van der Waals surface area contributed by atoms with Gasteiger partial charge in [-0.1, -0.05) is 38.1 Å². The Kier molecular flexibility index (Phi) is 4.41. The fourth-order valence-electron chi connectivity index (χ4n) is 1.67. The van der Waals surface area contributed by atoms with Crippen LogP contribution in [-0.2, 0) is 0 Å². The Labute approximate surface area is 127 Å². The highest BCUT2D eigenvalue weighted by atomic mass is 79.9.